The van der Waals surface area contributed by atoms with E-state index in [1.807, 2.05) is 6.07 Å². The highest BCUT2D eigenvalue weighted by Gasteiger charge is 2.20. The van der Waals surface area contributed by atoms with Gasteiger partial charge >= 0.3 is 0 Å². The van der Waals surface area contributed by atoms with Crippen molar-refractivity contribution >= 4 is 16.7 Å². The largest absolute Gasteiger partial charge is 0.507 e. The molecule has 1 aliphatic heterocycles. The van der Waals surface area contributed by atoms with Crippen molar-refractivity contribution in [3.8, 4) is 28.6 Å². The minimum absolute atomic E-state index is 0.106. The Bertz CT molecular complexity index is 1120. The molecule has 0 amide bonds. The number of nitrogens with zero attached hydrogens (tertiary/aromatic N) is 2. The molecule has 3 aromatic rings. The van der Waals surface area contributed by atoms with Crippen LogP contribution in [0.5, 0.6) is 17.2 Å². The normalized spacial score (nSPS) is 15.6. The summed E-state index contributed by atoms with van der Waals surface area (Å²) in [6.45, 7) is 3.19. The summed E-state index contributed by atoms with van der Waals surface area (Å²) in [4.78, 5) is 9.29. The van der Waals surface area contributed by atoms with Crippen LogP contribution >= 0.6 is 0 Å². The van der Waals surface area contributed by atoms with Gasteiger partial charge in [-0.05, 0) is 37.2 Å². The molecular weight excluding hydrogens is 443 g/mol. The summed E-state index contributed by atoms with van der Waals surface area (Å²) in [5, 5.41) is 17.9. The van der Waals surface area contributed by atoms with Gasteiger partial charge in [0.15, 0.2) is 17.3 Å². The van der Waals surface area contributed by atoms with Crippen LogP contribution in [-0.2, 0) is 9.47 Å². The molecule has 0 bridgehead atoms. The van der Waals surface area contributed by atoms with Crippen LogP contribution < -0.4 is 20.1 Å². The van der Waals surface area contributed by atoms with E-state index >= 15 is 0 Å². The number of ether oxygens (including phenoxy) is 4. The minimum Gasteiger partial charge on any atom is -0.507 e. The van der Waals surface area contributed by atoms with Gasteiger partial charge in [0.05, 0.1) is 24.3 Å². The molecule has 182 valence electrons. The Morgan fingerprint density at radius 2 is 1.76 bits per heavy atom. The second-order valence-electron chi connectivity index (χ2n) is 7.89. The fraction of sp³-hybridized carbons (Fsp3) is 0.417. The van der Waals surface area contributed by atoms with Crippen molar-refractivity contribution in [2.45, 2.75) is 12.5 Å². The molecule has 0 saturated carbocycles. The molecule has 1 atom stereocenters. The van der Waals surface area contributed by atoms with Crippen LogP contribution in [0.4, 0.5) is 10.2 Å². The second-order valence-corrected chi connectivity index (χ2v) is 7.89. The van der Waals surface area contributed by atoms with Gasteiger partial charge in [0, 0.05) is 38.3 Å². The number of hydrogen-bond acceptors (Lipinski definition) is 9. The predicted molar refractivity (Wildman–Crippen MR) is 126 cm³/mol. The van der Waals surface area contributed by atoms with Gasteiger partial charge in [-0.2, -0.15) is 0 Å². The summed E-state index contributed by atoms with van der Waals surface area (Å²) in [5.74, 6) is 1.19. The Morgan fingerprint density at radius 3 is 2.44 bits per heavy atom. The van der Waals surface area contributed by atoms with Crippen LogP contribution in [0.3, 0.4) is 0 Å². The Balaban J connectivity index is 1.82. The Labute approximate surface area is 197 Å². The van der Waals surface area contributed by atoms with Crippen molar-refractivity contribution in [2.24, 2.45) is 0 Å². The average molecular weight is 473 g/mol. The monoisotopic (exact) mass is 472 g/mol. The highest BCUT2D eigenvalue weighted by molar-refractivity contribution is 5.93. The van der Waals surface area contributed by atoms with E-state index in [1.165, 1.54) is 18.2 Å². The van der Waals surface area contributed by atoms with Crippen LogP contribution in [-0.4, -0.2) is 74.9 Å². The number of methoxy groups -OCH3 is 2. The summed E-state index contributed by atoms with van der Waals surface area (Å²) < 4.78 is 36.0. The van der Waals surface area contributed by atoms with E-state index in [4.69, 9.17) is 18.9 Å². The number of aromatic nitrogens is 2. The first-order valence-electron chi connectivity index (χ1n) is 11.1. The molecule has 1 saturated heterocycles. The molecule has 2 heterocycles. The Morgan fingerprint density at radius 1 is 1.03 bits per heavy atom. The maximum Gasteiger partial charge on any atom is 0.165 e. The fourth-order valence-corrected chi connectivity index (χ4v) is 3.72. The van der Waals surface area contributed by atoms with Crippen molar-refractivity contribution in [3.63, 3.8) is 0 Å². The summed E-state index contributed by atoms with van der Waals surface area (Å²) in [6, 6.07) is 7.45. The number of hydrogen-bond donors (Lipinski definition) is 3. The highest BCUT2D eigenvalue weighted by atomic mass is 19.1. The van der Waals surface area contributed by atoms with Crippen molar-refractivity contribution in [1.29, 1.82) is 0 Å². The molecule has 9 nitrogen and oxygen atoms in total. The molecule has 10 heteroatoms. The van der Waals surface area contributed by atoms with Crippen molar-refractivity contribution < 1.29 is 28.4 Å². The Hall–Kier alpha value is -3.21. The van der Waals surface area contributed by atoms with Crippen molar-refractivity contribution in [1.82, 2.24) is 15.3 Å². The molecule has 1 fully saturated rings. The van der Waals surface area contributed by atoms with Crippen LogP contribution in [0.1, 0.15) is 6.42 Å². The van der Waals surface area contributed by atoms with Gasteiger partial charge in [-0.1, -0.05) is 0 Å². The number of anilines is 1. The van der Waals surface area contributed by atoms with Gasteiger partial charge in [-0.25, -0.2) is 14.4 Å². The molecule has 0 aliphatic carbocycles. The zero-order chi connectivity index (χ0) is 23.9. The molecule has 3 N–H and O–H groups in total. The van der Waals surface area contributed by atoms with Gasteiger partial charge < -0.3 is 34.7 Å². The smallest absolute Gasteiger partial charge is 0.165 e. The first-order valence-corrected chi connectivity index (χ1v) is 11.1. The van der Waals surface area contributed by atoms with Gasteiger partial charge in [0.1, 0.15) is 30.6 Å². The van der Waals surface area contributed by atoms with Gasteiger partial charge in [0.25, 0.3) is 0 Å². The molecule has 4 rings (SSSR count). The molecular formula is C24H29FN4O5. The lowest BCUT2D eigenvalue weighted by molar-refractivity contribution is 0.132. The molecule has 34 heavy (non-hydrogen) atoms. The van der Waals surface area contributed by atoms with Crippen LogP contribution in [0.15, 0.2) is 30.3 Å². The molecule has 1 aliphatic rings. The van der Waals surface area contributed by atoms with Crippen molar-refractivity contribution in [2.75, 3.05) is 59.1 Å². The lowest BCUT2D eigenvalue weighted by atomic mass is 10.1. The number of nitrogens with one attached hydrogen (secondary N) is 2. The number of halogens is 1. The van der Waals surface area contributed by atoms with Gasteiger partial charge in [-0.3, -0.25) is 0 Å². The SMILES string of the molecule is COCCOc1cc2nc(-c3cc(F)ccc3O)nc(N[C@H]3CCNC3)c2cc1OCCOC. The average Bonchev–Trinajstić information content (AvgIpc) is 3.34. The molecule has 0 unspecified atom stereocenters. The molecule has 0 radical (unpaired) electrons. The van der Waals surface area contributed by atoms with Gasteiger partial charge in [-0.15, -0.1) is 0 Å². The minimum atomic E-state index is -0.489. The quantitative estimate of drug-likeness (QED) is 0.363. The topological polar surface area (TPSA) is 107 Å². The second kappa shape index (κ2) is 11.3. The van der Waals surface area contributed by atoms with Crippen LogP contribution in [0.25, 0.3) is 22.3 Å². The molecule has 1 aromatic heterocycles. The van der Waals surface area contributed by atoms with E-state index in [2.05, 4.69) is 20.6 Å². The van der Waals surface area contributed by atoms with Crippen LogP contribution in [0.2, 0.25) is 0 Å². The first-order chi connectivity index (χ1) is 16.6. The molecule has 0 spiro atoms. The zero-order valence-corrected chi connectivity index (χ0v) is 19.3. The fourth-order valence-electron chi connectivity index (χ4n) is 3.72. The van der Waals surface area contributed by atoms with E-state index in [1.54, 1.807) is 20.3 Å². The Kier molecular flexibility index (Phi) is 7.94. The van der Waals surface area contributed by atoms with E-state index in [0.29, 0.717) is 49.3 Å². The highest BCUT2D eigenvalue weighted by Crippen LogP contribution is 2.37. The van der Waals surface area contributed by atoms with Crippen molar-refractivity contribution in [3.05, 3.63) is 36.1 Å². The van der Waals surface area contributed by atoms with E-state index in [9.17, 15) is 9.50 Å². The third kappa shape index (κ3) is 5.64. The first kappa shape index (κ1) is 23.9. The number of rotatable bonds is 11. The molecule has 2 aromatic carbocycles. The van der Waals surface area contributed by atoms with E-state index < -0.39 is 5.82 Å². The van der Waals surface area contributed by atoms with E-state index in [-0.39, 0.29) is 23.2 Å². The third-order valence-corrected chi connectivity index (χ3v) is 5.45. The zero-order valence-electron chi connectivity index (χ0n) is 19.3. The summed E-state index contributed by atoms with van der Waals surface area (Å²) in [7, 11) is 3.20. The van der Waals surface area contributed by atoms with E-state index in [0.717, 1.165) is 24.9 Å². The third-order valence-electron chi connectivity index (χ3n) is 5.45. The number of fused-ring (bicyclic) bond motifs is 1. The number of aromatic hydroxyl groups is 1. The number of benzene rings is 2. The maximum absolute atomic E-state index is 14.0. The summed E-state index contributed by atoms with van der Waals surface area (Å²) in [5.41, 5.74) is 0.769. The summed E-state index contributed by atoms with van der Waals surface area (Å²) in [6.07, 6.45) is 0.932. The van der Waals surface area contributed by atoms with Crippen LogP contribution in [0, 0.1) is 5.82 Å². The lowest BCUT2D eigenvalue weighted by Crippen LogP contribution is -2.23. The van der Waals surface area contributed by atoms with Gasteiger partial charge in [0.2, 0.25) is 0 Å². The predicted octanol–water partition coefficient (Wildman–Crippen LogP) is 2.97. The number of phenols is 1. The lowest BCUT2D eigenvalue weighted by Gasteiger charge is -2.18. The summed E-state index contributed by atoms with van der Waals surface area (Å²) >= 11 is 0. The maximum atomic E-state index is 14.0. The number of phenolic OH excluding ortho intramolecular Hbond substituents is 1. The standard InChI is InChI=1S/C24H29FN4O5/c1-31-7-9-33-21-12-17-19(13-22(21)34-10-8-32-2)28-24(18-11-15(25)3-4-20(18)30)29-23(17)27-16-5-6-26-14-16/h3-4,11-13,16,26,30H,5-10,14H2,1-2H3,(H,27,28,29)/t16-/m0/s1.